The molecule has 0 N–H and O–H groups in total. The number of carbonyl (C=O) groups excluding carboxylic acids is 1. The fourth-order valence-corrected chi connectivity index (χ4v) is 4.34. The number of aromatic nitrogens is 3. The quantitative estimate of drug-likeness (QED) is 0.478. The highest BCUT2D eigenvalue weighted by Gasteiger charge is 2.39. The van der Waals surface area contributed by atoms with Gasteiger partial charge in [-0.3, -0.25) is 4.79 Å². The van der Waals surface area contributed by atoms with E-state index in [1.807, 2.05) is 22.7 Å². The van der Waals surface area contributed by atoms with Crippen molar-refractivity contribution >= 4 is 5.91 Å². The molecule has 0 aromatic carbocycles. The topological polar surface area (TPSA) is 51.0 Å². The van der Waals surface area contributed by atoms with Crippen molar-refractivity contribution in [3.63, 3.8) is 0 Å². The average molecular weight is 401 g/mol. The van der Waals surface area contributed by atoms with Crippen LogP contribution in [0.25, 0.3) is 0 Å². The van der Waals surface area contributed by atoms with E-state index in [2.05, 4.69) is 45.9 Å². The number of carbonyl (C=O) groups is 1. The number of allylic oxidation sites excluding steroid dienone is 4. The van der Waals surface area contributed by atoms with Gasteiger partial charge in [-0.05, 0) is 52.4 Å². The first kappa shape index (κ1) is 23.4. The maximum Gasteiger partial charge on any atom is 0.219 e. The van der Waals surface area contributed by atoms with Gasteiger partial charge in [0.15, 0.2) is 0 Å². The molecule has 0 bridgehead atoms. The van der Waals surface area contributed by atoms with Crippen LogP contribution in [0, 0.1) is 5.92 Å². The van der Waals surface area contributed by atoms with Gasteiger partial charge in [0.1, 0.15) is 0 Å². The summed E-state index contributed by atoms with van der Waals surface area (Å²) in [5, 5.41) is 9.93. The van der Waals surface area contributed by atoms with Gasteiger partial charge in [0.2, 0.25) is 5.91 Å². The van der Waals surface area contributed by atoms with E-state index in [0.29, 0.717) is 11.8 Å². The second-order valence-corrected chi connectivity index (χ2v) is 8.60. The Hall–Kier alpha value is -1.91. The fourth-order valence-electron chi connectivity index (χ4n) is 4.34. The monoisotopic (exact) mass is 400 g/mol. The lowest BCUT2D eigenvalue weighted by Gasteiger charge is -2.19. The van der Waals surface area contributed by atoms with Crippen LogP contribution in [0.15, 0.2) is 24.3 Å². The Morgan fingerprint density at radius 2 is 1.97 bits per heavy atom. The van der Waals surface area contributed by atoms with Crippen molar-refractivity contribution in [2.45, 2.75) is 91.5 Å². The fraction of sp³-hybridized carbons (Fsp3) is 0.708. The van der Waals surface area contributed by atoms with Crippen LogP contribution in [0.2, 0.25) is 0 Å². The van der Waals surface area contributed by atoms with Gasteiger partial charge in [0.25, 0.3) is 0 Å². The van der Waals surface area contributed by atoms with Crippen LogP contribution in [0.5, 0.6) is 0 Å². The highest BCUT2D eigenvalue weighted by Crippen LogP contribution is 2.39. The summed E-state index contributed by atoms with van der Waals surface area (Å²) >= 11 is 0. The molecule has 1 aliphatic rings. The molecule has 0 spiro atoms. The molecule has 1 aromatic rings. The molecule has 162 valence electrons. The minimum Gasteiger partial charge on any atom is -0.342 e. The minimum atomic E-state index is 0.167. The van der Waals surface area contributed by atoms with E-state index in [4.69, 9.17) is 10.2 Å². The molecule has 1 aliphatic heterocycles. The van der Waals surface area contributed by atoms with Crippen LogP contribution < -0.4 is 0 Å². The van der Waals surface area contributed by atoms with E-state index in [-0.39, 0.29) is 17.9 Å². The zero-order valence-corrected chi connectivity index (χ0v) is 19.3. The van der Waals surface area contributed by atoms with E-state index in [1.54, 1.807) is 6.92 Å². The number of hydrogen-bond donors (Lipinski definition) is 0. The Bertz CT molecular complexity index is 704. The Labute approximate surface area is 177 Å². The summed E-state index contributed by atoms with van der Waals surface area (Å²) in [6.07, 6.45) is 13.9. The summed E-state index contributed by atoms with van der Waals surface area (Å²) in [7, 11) is 0. The van der Waals surface area contributed by atoms with Crippen molar-refractivity contribution in [1.82, 2.24) is 19.9 Å². The summed E-state index contributed by atoms with van der Waals surface area (Å²) < 4.78 is 0. The third-order valence-corrected chi connectivity index (χ3v) is 6.04. The standard InChI is InChI=1S/C24H40N4O/c1-7-10-11-12-13-15-21-16-27(19(6)29)17-22(21)24-23(20(9-3)14-8-2)25-28(26-24)18(4)5/h7,10-12,18,20-22H,8-9,13-17H2,1-6H3/b10-7-,12-11-. The van der Waals surface area contributed by atoms with Crippen molar-refractivity contribution in [2.75, 3.05) is 13.1 Å². The molecule has 0 aliphatic carbocycles. The van der Waals surface area contributed by atoms with Crippen LogP contribution in [0.4, 0.5) is 0 Å². The third kappa shape index (κ3) is 6.03. The lowest BCUT2D eigenvalue weighted by Crippen LogP contribution is -2.26. The Morgan fingerprint density at radius 3 is 2.55 bits per heavy atom. The number of amides is 1. The lowest BCUT2D eigenvalue weighted by atomic mass is 9.84. The molecule has 2 heterocycles. The van der Waals surface area contributed by atoms with Crippen molar-refractivity contribution < 1.29 is 4.79 Å². The van der Waals surface area contributed by atoms with Crippen molar-refractivity contribution in [3.8, 4) is 0 Å². The molecule has 1 amide bonds. The molecule has 3 atom stereocenters. The van der Waals surface area contributed by atoms with Crippen LogP contribution in [0.3, 0.4) is 0 Å². The molecular weight excluding hydrogens is 360 g/mol. The summed E-state index contributed by atoms with van der Waals surface area (Å²) in [5.41, 5.74) is 2.32. The van der Waals surface area contributed by atoms with E-state index < -0.39 is 0 Å². The summed E-state index contributed by atoms with van der Waals surface area (Å²) in [6.45, 7) is 14.1. The molecule has 3 unspecified atom stereocenters. The van der Waals surface area contributed by atoms with Crippen LogP contribution in [-0.2, 0) is 4.79 Å². The minimum absolute atomic E-state index is 0.167. The van der Waals surface area contributed by atoms with Crippen molar-refractivity contribution in [1.29, 1.82) is 0 Å². The number of nitrogens with zero attached hydrogens (tertiary/aromatic N) is 4. The maximum absolute atomic E-state index is 12.1. The summed E-state index contributed by atoms with van der Waals surface area (Å²) in [4.78, 5) is 16.0. The Balaban J connectivity index is 2.34. The van der Waals surface area contributed by atoms with Crippen LogP contribution in [-0.4, -0.2) is 38.9 Å². The van der Waals surface area contributed by atoms with Gasteiger partial charge >= 0.3 is 0 Å². The van der Waals surface area contributed by atoms with Gasteiger partial charge < -0.3 is 4.90 Å². The number of likely N-dealkylation sites (tertiary alicyclic amines) is 1. The molecule has 5 heteroatoms. The molecule has 0 saturated carbocycles. The van der Waals surface area contributed by atoms with Gasteiger partial charge in [-0.2, -0.15) is 15.0 Å². The van der Waals surface area contributed by atoms with Gasteiger partial charge in [0.05, 0.1) is 17.4 Å². The highest BCUT2D eigenvalue weighted by atomic mass is 16.2. The first-order valence-electron chi connectivity index (χ1n) is 11.4. The summed E-state index contributed by atoms with van der Waals surface area (Å²) in [5.74, 6) is 1.33. The molecule has 29 heavy (non-hydrogen) atoms. The third-order valence-electron chi connectivity index (χ3n) is 6.04. The van der Waals surface area contributed by atoms with E-state index >= 15 is 0 Å². The molecule has 1 aromatic heterocycles. The molecule has 2 rings (SSSR count). The lowest BCUT2D eigenvalue weighted by molar-refractivity contribution is -0.127. The summed E-state index contributed by atoms with van der Waals surface area (Å²) in [6, 6.07) is 0.245. The van der Waals surface area contributed by atoms with Gasteiger partial charge in [0, 0.05) is 31.8 Å². The Kier molecular flexibility index (Phi) is 9.12. The first-order valence-corrected chi connectivity index (χ1v) is 11.4. The van der Waals surface area contributed by atoms with E-state index in [1.165, 1.54) is 5.69 Å². The normalized spacial score (nSPS) is 21.1. The van der Waals surface area contributed by atoms with E-state index in [9.17, 15) is 4.79 Å². The highest BCUT2D eigenvalue weighted by molar-refractivity contribution is 5.73. The second kappa shape index (κ2) is 11.3. The van der Waals surface area contributed by atoms with E-state index in [0.717, 1.165) is 50.9 Å². The van der Waals surface area contributed by atoms with Gasteiger partial charge in [-0.15, -0.1) is 0 Å². The average Bonchev–Trinajstić information content (AvgIpc) is 3.30. The van der Waals surface area contributed by atoms with Crippen LogP contribution in [0.1, 0.15) is 103 Å². The molecule has 5 nitrogen and oxygen atoms in total. The smallest absolute Gasteiger partial charge is 0.219 e. The van der Waals surface area contributed by atoms with Gasteiger partial charge in [-0.1, -0.05) is 44.6 Å². The number of hydrogen-bond acceptors (Lipinski definition) is 3. The molecule has 0 radical (unpaired) electrons. The molecular formula is C24H40N4O. The predicted octanol–water partition coefficient (Wildman–Crippen LogP) is 5.63. The predicted molar refractivity (Wildman–Crippen MR) is 120 cm³/mol. The zero-order valence-electron chi connectivity index (χ0n) is 19.3. The Morgan fingerprint density at radius 1 is 1.21 bits per heavy atom. The second-order valence-electron chi connectivity index (χ2n) is 8.60. The SMILES string of the molecule is C/C=C\C=C/CCC1CN(C(C)=O)CC1c1nn(C(C)C)nc1C(CC)CCC. The van der Waals surface area contributed by atoms with Crippen molar-refractivity contribution in [2.24, 2.45) is 5.92 Å². The zero-order chi connectivity index (χ0) is 21.4. The van der Waals surface area contributed by atoms with Crippen molar-refractivity contribution in [3.05, 3.63) is 35.7 Å². The van der Waals surface area contributed by atoms with Gasteiger partial charge in [-0.25, -0.2) is 0 Å². The van der Waals surface area contributed by atoms with Crippen LogP contribution >= 0.6 is 0 Å². The molecule has 1 saturated heterocycles. The molecule has 1 fully saturated rings. The largest absolute Gasteiger partial charge is 0.342 e. The number of rotatable bonds is 10. The first-order chi connectivity index (χ1) is 13.9. The maximum atomic E-state index is 12.1.